The summed E-state index contributed by atoms with van der Waals surface area (Å²) in [6.07, 6.45) is 5.69. The summed E-state index contributed by atoms with van der Waals surface area (Å²) in [6.45, 7) is 3.90. The second-order valence-electron chi connectivity index (χ2n) is 5.64. The van der Waals surface area contributed by atoms with Crippen molar-refractivity contribution in [3.05, 3.63) is 48.3 Å². The molecule has 1 aliphatic rings. The van der Waals surface area contributed by atoms with Crippen LogP contribution >= 0.6 is 0 Å². The first-order valence-electron chi connectivity index (χ1n) is 7.94. The zero-order valence-corrected chi connectivity index (χ0v) is 12.7. The largest absolute Gasteiger partial charge is 0.349 e. The first-order valence-corrected chi connectivity index (χ1v) is 7.94. The maximum absolute atomic E-state index is 12.1. The number of nitrogens with one attached hydrogen (secondary N) is 1. The van der Waals surface area contributed by atoms with Crippen LogP contribution in [0.3, 0.4) is 0 Å². The summed E-state index contributed by atoms with van der Waals surface area (Å²) in [7, 11) is 0. The van der Waals surface area contributed by atoms with Crippen LogP contribution in [0.25, 0.3) is 5.69 Å². The van der Waals surface area contributed by atoms with E-state index in [-0.39, 0.29) is 5.91 Å². The molecule has 0 bridgehead atoms. The average Bonchev–Trinajstić information content (AvgIpc) is 3.07. The van der Waals surface area contributed by atoms with Gasteiger partial charge in [0.25, 0.3) is 5.91 Å². The Morgan fingerprint density at radius 2 is 1.86 bits per heavy atom. The fourth-order valence-corrected chi connectivity index (χ4v) is 2.77. The molecule has 1 saturated heterocycles. The Bertz CT molecular complexity index is 602. The van der Waals surface area contributed by atoms with Crippen LogP contribution in [-0.2, 0) is 0 Å². The van der Waals surface area contributed by atoms with Gasteiger partial charge in [0.2, 0.25) is 0 Å². The summed E-state index contributed by atoms with van der Waals surface area (Å²) in [4.78, 5) is 14.5. The highest BCUT2D eigenvalue weighted by Gasteiger charge is 2.12. The van der Waals surface area contributed by atoms with Crippen molar-refractivity contribution in [1.29, 1.82) is 0 Å². The molecule has 1 aromatic heterocycles. The normalized spacial score (nSPS) is 15.6. The molecule has 1 amide bonds. The van der Waals surface area contributed by atoms with E-state index in [1.165, 1.54) is 19.3 Å². The number of carbonyl (C=O) groups is 1. The Kier molecular flexibility index (Phi) is 4.85. The number of rotatable bonds is 5. The molecule has 1 aromatic carbocycles. The number of amides is 1. The zero-order valence-electron chi connectivity index (χ0n) is 12.7. The Labute approximate surface area is 130 Å². The summed E-state index contributed by atoms with van der Waals surface area (Å²) < 4.78 is 1.72. The van der Waals surface area contributed by atoms with Gasteiger partial charge in [0, 0.05) is 19.3 Å². The molecule has 1 fully saturated rings. The number of likely N-dealkylation sites (tertiary alicyclic amines) is 1. The van der Waals surface area contributed by atoms with Crippen LogP contribution < -0.4 is 5.32 Å². The third-order valence-electron chi connectivity index (χ3n) is 4.00. The van der Waals surface area contributed by atoms with Crippen molar-refractivity contribution < 1.29 is 4.79 Å². The van der Waals surface area contributed by atoms with Gasteiger partial charge < -0.3 is 10.2 Å². The van der Waals surface area contributed by atoms with E-state index in [0.717, 1.165) is 25.3 Å². The molecule has 22 heavy (non-hydrogen) atoms. The molecule has 0 atom stereocenters. The van der Waals surface area contributed by atoms with Crippen LogP contribution in [0, 0.1) is 0 Å². The second-order valence-corrected chi connectivity index (χ2v) is 5.64. The number of nitrogens with zero attached hydrogens (tertiary/aromatic N) is 3. The van der Waals surface area contributed by atoms with Gasteiger partial charge in [-0.25, -0.2) is 4.68 Å². The monoisotopic (exact) mass is 298 g/mol. The average molecular weight is 298 g/mol. The number of para-hydroxylation sites is 1. The fourth-order valence-electron chi connectivity index (χ4n) is 2.77. The third-order valence-corrected chi connectivity index (χ3v) is 4.00. The van der Waals surface area contributed by atoms with Crippen LogP contribution in [0.15, 0.2) is 42.6 Å². The smallest absolute Gasteiger partial charge is 0.271 e. The lowest BCUT2D eigenvalue weighted by Crippen LogP contribution is -2.37. The van der Waals surface area contributed by atoms with Crippen molar-refractivity contribution in [2.45, 2.75) is 19.3 Å². The topological polar surface area (TPSA) is 50.2 Å². The van der Waals surface area contributed by atoms with E-state index < -0.39 is 0 Å². The molecule has 116 valence electrons. The van der Waals surface area contributed by atoms with Gasteiger partial charge in [-0.05, 0) is 44.1 Å². The van der Waals surface area contributed by atoms with Gasteiger partial charge in [-0.3, -0.25) is 4.79 Å². The van der Waals surface area contributed by atoms with Gasteiger partial charge in [-0.1, -0.05) is 24.6 Å². The first-order chi connectivity index (χ1) is 10.8. The predicted octanol–water partition coefficient (Wildman–Crippen LogP) is 2.09. The molecule has 1 N–H and O–H groups in total. The van der Waals surface area contributed by atoms with Crippen molar-refractivity contribution in [1.82, 2.24) is 20.0 Å². The summed E-state index contributed by atoms with van der Waals surface area (Å²) in [5.41, 5.74) is 1.41. The van der Waals surface area contributed by atoms with E-state index in [9.17, 15) is 4.79 Å². The Morgan fingerprint density at radius 3 is 2.64 bits per heavy atom. The lowest BCUT2D eigenvalue weighted by molar-refractivity contribution is 0.0941. The zero-order chi connectivity index (χ0) is 15.2. The minimum atomic E-state index is -0.105. The predicted molar refractivity (Wildman–Crippen MR) is 86.2 cm³/mol. The number of piperidine rings is 1. The van der Waals surface area contributed by atoms with Gasteiger partial charge in [0.15, 0.2) is 5.69 Å². The number of aromatic nitrogens is 2. The Hall–Kier alpha value is -2.14. The maximum Gasteiger partial charge on any atom is 0.271 e. The van der Waals surface area contributed by atoms with Gasteiger partial charge >= 0.3 is 0 Å². The molecule has 2 aromatic rings. The molecular formula is C17H22N4O. The second kappa shape index (κ2) is 7.22. The van der Waals surface area contributed by atoms with Crippen molar-refractivity contribution >= 4 is 5.91 Å². The fraction of sp³-hybridized carbons (Fsp3) is 0.412. The van der Waals surface area contributed by atoms with Crippen LogP contribution in [0.1, 0.15) is 29.8 Å². The van der Waals surface area contributed by atoms with Gasteiger partial charge in [0.1, 0.15) is 0 Å². The summed E-state index contributed by atoms with van der Waals surface area (Å²) >= 11 is 0. The highest BCUT2D eigenvalue weighted by molar-refractivity contribution is 5.92. The van der Waals surface area contributed by atoms with Gasteiger partial charge in [-0.2, -0.15) is 5.10 Å². The lowest BCUT2D eigenvalue weighted by Gasteiger charge is -2.26. The van der Waals surface area contributed by atoms with Crippen molar-refractivity contribution in [3.63, 3.8) is 0 Å². The van der Waals surface area contributed by atoms with E-state index in [1.54, 1.807) is 10.7 Å². The van der Waals surface area contributed by atoms with Gasteiger partial charge in [-0.15, -0.1) is 0 Å². The SMILES string of the molecule is O=C(NCCN1CCCCC1)c1ccn(-c2ccccc2)n1. The number of benzene rings is 1. The van der Waals surface area contributed by atoms with Crippen LogP contribution in [-0.4, -0.2) is 46.8 Å². The van der Waals surface area contributed by atoms with Crippen molar-refractivity contribution in [3.8, 4) is 5.69 Å². The van der Waals surface area contributed by atoms with Crippen LogP contribution in [0.2, 0.25) is 0 Å². The Balaban J connectivity index is 1.51. The molecule has 3 rings (SSSR count). The van der Waals surface area contributed by atoms with Gasteiger partial charge in [0.05, 0.1) is 5.69 Å². The van der Waals surface area contributed by atoms with E-state index in [1.807, 2.05) is 36.5 Å². The molecule has 0 spiro atoms. The van der Waals surface area contributed by atoms with Crippen LogP contribution in [0.5, 0.6) is 0 Å². The number of hydrogen-bond donors (Lipinski definition) is 1. The molecule has 1 aliphatic heterocycles. The summed E-state index contributed by atoms with van der Waals surface area (Å²) in [6, 6.07) is 11.5. The molecular weight excluding hydrogens is 276 g/mol. The minimum absolute atomic E-state index is 0.105. The van der Waals surface area contributed by atoms with Crippen LogP contribution in [0.4, 0.5) is 0 Å². The Morgan fingerprint density at radius 1 is 1.09 bits per heavy atom. The van der Waals surface area contributed by atoms with Crippen molar-refractivity contribution in [2.24, 2.45) is 0 Å². The molecule has 0 unspecified atom stereocenters. The van der Waals surface area contributed by atoms with Crippen molar-refractivity contribution in [2.75, 3.05) is 26.2 Å². The number of carbonyl (C=O) groups excluding carboxylic acids is 1. The molecule has 5 nitrogen and oxygen atoms in total. The molecule has 0 aliphatic carbocycles. The maximum atomic E-state index is 12.1. The van der Waals surface area contributed by atoms with E-state index in [4.69, 9.17) is 0 Å². The lowest BCUT2D eigenvalue weighted by atomic mass is 10.1. The van der Waals surface area contributed by atoms with E-state index in [2.05, 4.69) is 15.3 Å². The summed E-state index contributed by atoms with van der Waals surface area (Å²) in [5, 5.41) is 7.29. The number of hydrogen-bond acceptors (Lipinski definition) is 3. The minimum Gasteiger partial charge on any atom is -0.349 e. The highest BCUT2D eigenvalue weighted by atomic mass is 16.1. The highest BCUT2D eigenvalue weighted by Crippen LogP contribution is 2.08. The molecule has 2 heterocycles. The quantitative estimate of drug-likeness (QED) is 0.919. The molecule has 0 saturated carbocycles. The molecule has 5 heteroatoms. The molecule has 0 radical (unpaired) electrons. The first kappa shape index (κ1) is 14.8. The standard InChI is InChI=1S/C17H22N4O/c22-17(18-10-14-20-11-5-2-6-12-20)16-9-13-21(19-16)15-7-3-1-4-8-15/h1,3-4,7-9,13H,2,5-6,10-12,14H2,(H,18,22). The van der Waals surface area contributed by atoms with E-state index >= 15 is 0 Å². The van der Waals surface area contributed by atoms with E-state index in [0.29, 0.717) is 12.2 Å². The third kappa shape index (κ3) is 3.74. The summed E-state index contributed by atoms with van der Waals surface area (Å²) in [5.74, 6) is -0.105.